The molecule has 0 fully saturated rings. The van der Waals surface area contributed by atoms with Crippen LogP contribution in [0.2, 0.25) is 5.02 Å². The van der Waals surface area contributed by atoms with Crippen molar-refractivity contribution >= 4 is 29.1 Å². The monoisotopic (exact) mass is 422 g/mol. The van der Waals surface area contributed by atoms with Gasteiger partial charge < -0.3 is 5.32 Å². The van der Waals surface area contributed by atoms with E-state index in [1.165, 1.54) is 29.2 Å². The first-order valence-corrected chi connectivity index (χ1v) is 9.97. The van der Waals surface area contributed by atoms with Crippen molar-refractivity contribution in [3.8, 4) is 0 Å². The van der Waals surface area contributed by atoms with Crippen LogP contribution in [0.1, 0.15) is 28.4 Å². The van der Waals surface area contributed by atoms with Crippen molar-refractivity contribution in [1.29, 1.82) is 0 Å². The Bertz CT molecular complexity index is 1100. The van der Waals surface area contributed by atoms with Crippen molar-refractivity contribution in [3.05, 3.63) is 100 Å². The molecule has 0 saturated carbocycles. The van der Waals surface area contributed by atoms with Crippen molar-refractivity contribution in [2.45, 2.75) is 25.4 Å². The largest absolute Gasteiger partial charge is 0.350 e. The zero-order valence-electron chi connectivity index (χ0n) is 16.4. The number of fused-ring (bicyclic) bond motifs is 1. The van der Waals surface area contributed by atoms with Crippen molar-refractivity contribution in [2.24, 2.45) is 0 Å². The van der Waals surface area contributed by atoms with E-state index in [0.29, 0.717) is 29.2 Å². The highest BCUT2D eigenvalue weighted by molar-refractivity contribution is 6.30. The Kier molecular flexibility index (Phi) is 5.31. The molecular formula is C24H20ClFN2O2. The van der Waals surface area contributed by atoms with Gasteiger partial charge in [-0.15, -0.1) is 0 Å². The van der Waals surface area contributed by atoms with Crippen LogP contribution in [0.4, 0.5) is 10.1 Å². The minimum Gasteiger partial charge on any atom is -0.350 e. The molecule has 0 spiro atoms. The van der Waals surface area contributed by atoms with Gasteiger partial charge in [0, 0.05) is 29.2 Å². The average Bonchev–Trinajstić information content (AvgIpc) is 2.74. The molecule has 152 valence electrons. The molecule has 4 rings (SSSR count). The summed E-state index contributed by atoms with van der Waals surface area (Å²) in [6.45, 7) is 2.04. The third-order valence-corrected chi connectivity index (χ3v) is 5.67. The number of carbonyl (C=O) groups excluding carboxylic acids is 2. The molecule has 1 heterocycles. The molecule has 3 aromatic carbocycles. The summed E-state index contributed by atoms with van der Waals surface area (Å²) in [5.41, 5.74) is 1.55. The van der Waals surface area contributed by atoms with Crippen molar-refractivity contribution < 1.29 is 14.0 Å². The number of hydrogen-bond donors (Lipinski definition) is 1. The summed E-state index contributed by atoms with van der Waals surface area (Å²) in [5, 5.41) is 3.56. The number of nitrogens with zero attached hydrogens (tertiary/aromatic N) is 1. The molecule has 0 bridgehead atoms. The van der Waals surface area contributed by atoms with E-state index in [4.69, 9.17) is 11.6 Å². The summed E-state index contributed by atoms with van der Waals surface area (Å²) >= 11 is 5.92. The Morgan fingerprint density at radius 1 is 1.07 bits per heavy atom. The first-order chi connectivity index (χ1) is 14.4. The number of benzene rings is 3. The minimum atomic E-state index is -1.17. The number of amides is 2. The highest BCUT2D eigenvalue weighted by Gasteiger charge is 2.47. The predicted octanol–water partition coefficient (Wildman–Crippen LogP) is 4.76. The molecule has 3 aromatic rings. The molecule has 0 saturated heterocycles. The normalized spacial score (nSPS) is 18.1. The van der Waals surface area contributed by atoms with Crippen LogP contribution in [0.5, 0.6) is 0 Å². The first kappa shape index (κ1) is 20.1. The van der Waals surface area contributed by atoms with Gasteiger partial charge in [-0.3, -0.25) is 14.5 Å². The lowest BCUT2D eigenvalue weighted by molar-refractivity contribution is -0.126. The average molecular weight is 423 g/mol. The van der Waals surface area contributed by atoms with Crippen LogP contribution in [0, 0.1) is 5.82 Å². The van der Waals surface area contributed by atoms with Gasteiger partial charge in [-0.1, -0.05) is 41.9 Å². The Hall–Kier alpha value is -3.18. The summed E-state index contributed by atoms with van der Waals surface area (Å²) in [6, 6.07) is 20.1. The molecule has 1 aliphatic heterocycles. The second-order valence-corrected chi connectivity index (χ2v) is 7.97. The fourth-order valence-corrected chi connectivity index (χ4v) is 3.95. The molecule has 1 atom stereocenters. The highest BCUT2D eigenvalue weighted by atomic mass is 35.5. The smallest absolute Gasteiger partial charge is 0.259 e. The Labute approximate surface area is 179 Å². The number of hydrogen-bond acceptors (Lipinski definition) is 2. The SMILES string of the molecule is CC1(C(=O)NCc2ccc(Cl)cc2)Cc2ccccc2C(=O)N1c1ccc(F)cc1. The van der Waals surface area contributed by atoms with Gasteiger partial charge >= 0.3 is 0 Å². The maximum Gasteiger partial charge on any atom is 0.259 e. The zero-order chi connectivity index (χ0) is 21.3. The first-order valence-electron chi connectivity index (χ1n) is 9.59. The summed E-state index contributed by atoms with van der Waals surface area (Å²) in [6.07, 6.45) is 0.346. The molecule has 1 N–H and O–H groups in total. The third kappa shape index (κ3) is 3.68. The molecule has 6 heteroatoms. The van der Waals surface area contributed by atoms with Crippen molar-refractivity contribution in [3.63, 3.8) is 0 Å². The van der Waals surface area contributed by atoms with E-state index in [0.717, 1.165) is 11.1 Å². The van der Waals surface area contributed by atoms with Gasteiger partial charge in [0.2, 0.25) is 5.91 Å². The molecule has 1 unspecified atom stereocenters. The van der Waals surface area contributed by atoms with Gasteiger partial charge in [0.05, 0.1) is 0 Å². The number of carbonyl (C=O) groups is 2. The van der Waals surface area contributed by atoms with E-state index >= 15 is 0 Å². The topological polar surface area (TPSA) is 49.4 Å². The molecule has 1 aliphatic rings. The predicted molar refractivity (Wildman–Crippen MR) is 115 cm³/mol. The Morgan fingerprint density at radius 3 is 2.43 bits per heavy atom. The van der Waals surface area contributed by atoms with Crippen molar-refractivity contribution in [1.82, 2.24) is 5.32 Å². The molecule has 0 radical (unpaired) electrons. The van der Waals surface area contributed by atoms with Crippen LogP contribution >= 0.6 is 11.6 Å². The van der Waals surface area contributed by atoms with Crippen LogP contribution < -0.4 is 10.2 Å². The lowest BCUT2D eigenvalue weighted by atomic mass is 9.82. The number of halogens is 2. The van der Waals surface area contributed by atoms with E-state index in [1.54, 1.807) is 31.2 Å². The molecule has 30 heavy (non-hydrogen) atoms. The van der Waals surface area contributed by atoms with E-state index in [9.17, 15) is 14.0 Å². The molecule has 2 amide bonds. The summed E-state index contributed by atoms with van der Waals surface area (Å²) < 4.78 is 13.5. The van der Waals surface area contributed by atoms with Crippen LogP contribution in [0.15, 0.2) is 72.8 Å². The van der Waals surface area contributed by atoms with E-state index in [2.05, 4.69) is 5.32 Å². The molecule has 4 nitrogen and oxygen atoms in total. The molecular weight excluding hydrogens is 403 g/mol. The van der Waals surface area contributed by atoms with Crippen LogP contribution in [-0.4, -0.2) is 17.4 Å². The lowest BCUT2D eigenvalue weighted by Gasteiger charge is -2.44. The van der Waals surface area contributed by atoms with E-state index < -0.39 is 11.4 Å². The molecule has 0 aromatic heterocycles. The zero-order valence-corrected chi connectivity index (χ0v) is 17.1. The van der Waals surface area contributed by atoms with E-state index in [-0.39, 0.29) is 11.8 Å². The summed E-state index contributed by atoms with van der Waals surface area (Å²) in [7, 11) is 0. The van der Waals surface area contributed by atoms with E-state index in [1.807, 2.05) is 24.3 Å². The second kappa shape index (κ2) is 7.92. The number of rotatable bonds is 4. The van der Waals surface area contributed by atoms with Crippen LogP contribution in [0.25, 0.3) is 0 Å². The van der Waals surface area contributed by atoms with Gasteiger partial charge in [0.15, 0.2) is 0 Å². The van der Waals surface area contributed by atoms with Crippen LogP contribution in [-0.2, 0) is 17.8 Å². The van der Waals surface area contributed by atoms with Gasteiger partial charge in [0.1, 0.15) is 11.4 Å². The fourth-order valence-electron chi connectivity index (χ4n) is 3.83. The maximum atomic E-state index is 13.5. The van der Waals surface area contributed by atoms with Gasteiger partial charge in [-0.05, 0) is 60.5 Å². The third-order valence-electron chi connectivity index (χ3n) is 5.42. The van der Waals surface area contributed by atoms with Crippen molar-refractivity contribution in [2.75, 3.05) is 4.90 Å². The van der Waals surface area contributed by atoms with Gasteiger partial charge in [0.25, 0.3) is 5.91 Å². The van der Waals surface area contributed by atoms with Gasteiger partial charge in [-0.2, -0.15) is 0 Å². The quantitative estimate of drug-likeness (QED) is 0.659. The highest BCUT2D eigenvalue weighted by Crippen LogP contribution is 2.35. The Balaban J connectivity index is 1.69. The van der Waals surface area contributed by atoms with Crippen LogP contribution in [0.3, 0.4) is 0 Å². The summed E-state index contributed by atoms with van der Waals surface area (Å²) in [4.78, 5) is 28.2. The number of nitrogens with one attached hydrogen (secondary N) is 1. The summed E-state index contributed by atoms with van der Waals surface area (Å²) in [5.74, 6) is -0.977. The Morgan fingerprint density at radius 2 is 1.73 bits per heavy atom. The lowest BCUT2D eigenvalue weighted by Crippen LogP contribution is -2.63. The molecule has 0 aliphatic carbocycles. The standard InChI is InChI=1S/C24H20ClFN2O2/c1-24(23(30)27-15-16-6-8-18(25)9-7-16)14-17-4-2-3-5-21(17)22(29)28(24)20-12-10-19(26)11-13-20/h2-13H,14-15H2,1H3,(H,27,30). The number of anilines is 1. The second-order valence-electron chi connectivity index (χ2n) is 7.53. The fraction of sp³-hybridized carbons (Fsp3) is 0.167. The maximum absolute atomic E-state index is 13.5. The van der Waals surface area contributed by atoms with Gasteiger partial charge in [-0.25, -0.2) is 4.39 Å². The minimum absolute atomic E-state index is 0.285.